The summed E-state index contributed by atoms with van der Waals surface area (Å²) in [7, 11) is -1.95. The number of nitrogens with zero attached hydrogens (tertiary/aromatic N) is 2. The molecule has 0 amide bonds. The first-order valence-electron chi connectivity index (χ1n) is 9.13. The maximum absolute atomic E-state index is 13.1. The number of fused-ring (bicyclic) bond motifs is 3. The van der Waals surface area contributed by atoms with E-state index in [0.29, 0.717) is 5.02 Å². The Morgan fingerprint density at radius 3 is 2.63 bits per heavy atom. The summed E-state index contributed by atoms with van der Waals surface area (Å²) in [5.41, 5.74) is 2.73. The Kier molecular flexibility index (Phi) is 5.25. The largest absolute Gasteiger partial charge is 0.296 e. The van der Waals surface area contributed by atoms with Gasteiger partial charge in [-0.3, -0.25) is 4.90 Å². The van der Waals surface area contributed by atoms with Gasteiger partial charge < -0.3 is 0 Å². The highest BCUT2D eigenvalue weighted by Gasteiger charge is 2.38. The number of halogens is 2. The minimum Gasteiger partial charge on any atom is -0.296 e. The van der Waals surface area contributed by atoms with Crippen LogP contribution in [-0.4, -0.2) is 43.8 Å². The van der Waals surface area contributed by atoms with Crippen LogP contribution >= 0.6 is 23.2 Å². The van der Waals surface area contributed by atoms with E-state index in [0.717, 1.165) is 32.4 Å². The lowest BCUT2D eigenvalue weighted by molar-refractivity contribution is 0.0969. The number of hydrogen-bond donors (Lipinski definition) is 0. The van der Waals surface area contributed by atoms with Crippen molar-refractivity contribution >= 4 is 33.2 Å². The SMILES string of the molecule is CN(C1CCN2CCc3ccccc3C2C1)S(=O)(=O)c1ccc(Cl)c(Cl)c1. The van der Waals surface area contributed by atoms with E-state index < -0.39 is 10.0 Å². The maximum atomic E-state index is 13.1. The second-order valence-corrected chi connectivity index (χ2v) is 10.1. The number of sulfonamides is 1. The van der Waals surface area contributed by atoms with Crippen LogP contribution in [0.1, 0.15) is 30.0 Å². The predicted molar refractivity (Wildman–Crippen MR) is 109 cm³/mol. The van der Waals surface area contributed by atoms with Crippen molar-refractivity contribution in [1.29, 1.82) is 0 Å². The van der Waals surface area contributed by atoms with E-state index in [-0.39, 0.29) is 22.0 Å². The lowest BCUT2D eigenvalue weighted by Crippen LogP contribution is -2.48. The van der Waals surface area contributed by atoms with Crippen molar-refractivity contribution in [2.24, 2.45) is 0 Å². The molecule has 2 unspecified atom stereocenters. The molecular weight excluding hydrogens is 403 g/mol. The summed E-state index contributed by atoms with van der Waals surface area (Å²) in [6, 6.07) is 13.2. The Balaban J connectivity index is 1.60. The number of piperidine rings is 1. The van der Waals surface area contributed by atoms with Gasteiger partial charge in [-0.2, -0.15) is 4.31 Å². The number of hydrogen-bond acceptors (Lipinski definition) is 3. The fraction of sp³-hybridized carbons (Fsp3) is 0.400. The van der Waals surface area contributed by atoms with Gasteiger partial charge in [-0.1, -0.05) is 47.5 Å². The molecule has 0 bridgehead atoms. The molecule has 2 aromatic carbocycles. The summed E-state index contributed by atoms with van der Waals surface area (Å²) in [6.45, 7) is 1.95. The zero-order chi connectivity index (χ0) is 19.2. The molecule has 4 nitrogen and oxygen atoms in total. The minimum atomic E-state index is -3.62. The highest BCUT2D eigenvalue weighted by molar-refractivity contribution is 7.89. The normalized spacial score (nSPS) is 23.1. The molecular formula is C20H22Cl2N2O2S. The van der Waals surface area contributed by atoms with Crippen LogP contribution in [0.15, 0.2) is 47.4 Å². The molecule has 7 heteroatoms. The molecule has 1 fully saturated rings. The van der Waals surface area contributed by atoms with Gasteiger partial charge in [0.1, 0.15) is 0 Å². The lowest BCUT2D eigenvalue weighted by atomic mass is 9.85. The van der Waals surface area contributed by atoms with Crippen molar-refractivity contribution in [2.75, 3.05) is 20.1 Å². The fourth-order valence-electron chi connectivity index (χ4n) is 4.27. The van der Waals surface area contributed by atoms with Gasteiger partial charge in [0.15, 0.2) is 0 Å². The third kappa shape index (κ3) is 3.52. The number of rotatable bonds is 3. The summed E-state index contributed by atoms with van der Waals surface area (Å²) >= 11 is 12.0. The van der Waals surface area contributed by atoms with Crippen LogP contribution in [0.5, 0.6) is 0 Å². The van der Waals surface area contributed by atoms with E-state index in [4.69, 9.17) is 23.2 Å². The first-order chi connectivity index (χ1) is 12.9. The molecule has 0 N–H and O–H groups in total. The predicted octanol–water partition coefficient (Wildman–Crippen LogP) is 4.38. The highest BCUT2D eigenvalue weighted by atomic mass is 35.5. The maximum Gasteiger partial charge on any atom is 0.243 e. The van der Waals surface area contributed by atoms with E-state index in [1.807, 2.05) is 0 Å². The molecule has 27 heavy (non-hydrogen) atoms. The van der Waals surface area contributed by atoms with Crippen molar-refractivity contribution in [3.05, 3.63) is 63.6 Å². The Morgan fingerprint density at radius 2 is 1.85 bits per heavy atom. The van der Waals surface area contributed by atoms with Crippen molar-refractivity contribution in [1.82, 2.24) is 9.21 Å². The van der Waals surface area contributed by atoms with Gasteiger partial charge in [-0.25, -0.2) is 8.42 Å². The summed E-state index contributed by atoms with van der Waals surface area (Å²) in [4.78, 5) is 2.67. The Hall–Kier alpha value is -1.11. The molecule has 0 aliphatic carbocycles. The zero-order valence-corrected chi connectivity index (χ0v) is 17.4. The summed E-state index contributed by atoms with van der Waals surface area (Å²) in [6.07, 6.45) is 2.69. The van der Waals surface area contributed by atoms with E-state index in [1.165, 1.54) is 33.6 Å². The van der Waals surface area contributed by atoms with Crippen LogP contribution in [0.3, 0.4) is 0 Å². The van der Waals surface area contributed by atoms with Crippen molar-refractivity contribution in [3.63, 3.8) is 0 Å². The molecule has 1 saturated heterocycles. The molecule has 2 aliphatic rings. The van der Waals surface area contributed by atoms with Crippen LogP contribution in [0.25, 0.3) is 0 Å². The third-order valence-corrected chi connectivity index (χ3v) is 8.50. The van der Waals surface area contributed by atoms with E-state index >= 15 is 0 Å². The minimum absolute atomic E-state index is 0.0446. The van der Waals surface area contributed by atoms with E-state index in [2.05, 4.69) is 29.2 Å². The van der Waals surface area contributed by atoms with Crippen LogP contribution in [0.2, 0.25) is 10.0 Å². The molecule has 144 valence electrons. The van der Waals surface area contributed by atoms with Gasteiger partial charge in [0.25, 0.3) is 0 Å². The van der Waals surface area contributed by atoms with E-state index in [1.54, 1.807) is 7.05 Å². The summed E-state index contributed by atoms with van der Waals surface area (Å²) < 4.78 is 27.7. The summed E-state index contributed by atoms with van der Waals surface area (Å²) in [5, 5.41) is 0.604. The summed E-state index contributed by atoms with van der Waals surface area (Å²) in [5.74, 6) is 0. The van der Waals surface area contributed by atoms with Crippen molar-refractivity contribution < 1.29 is 8.42 Å². The highest BCUT2D eigenvalue weighted by Crippen LogP contribution is 2.39. The molecule has 2 aromatic rings. The quantitative estimate of drug-likeness (QED) is 0.733. The Labute approximate surface area is 170 Å². The number of benzene rings is 2. The molecule has 0 radical (unpaired) electrons. The van der Waals surface area contributed by atoms with Gasteiger partial charge in [0.2, 0.25) is 10.0 Å². The molecule has 4 rings (SSSR count). The fourth-order valence-corrected chi connectivity index (χ4v) is 6.05. The van der Waals surface area contributed by atoms with Crippen molar-refractivity contribution in [3.8, 4) is 0 Å². The average Bonchev–Trinajstić information content (AvgIpc) is 2.68. The Morgan fingerprint density at radius 1 is 1.07 bits per heavy atom. The zero-order valence-electron chi connectivity index (χ0n) is 15.1. The van der Waals surface area contributed by atoms with Gasteiger partial charge >= 0.3 is 0 Å². The second kappa shape index (κ2) is 7.37. The van der Waals surface area contributed by atoms with Crippen LogP contribution in [-0.2, 0) is 16.4 Å². The molecule has 0 aromatic heterocycles. The topological polar surface area (TPSA) is 40.6 Å². The van der Waals surface area contributed by atoms with Crippen molar-refractivity contribution in [2.45, 2.75) is 36.2 Å². The molecule has 0 spiro atoms. The lowest BCUT2D eigenvalue weighted by Gasteiger charge is -2.45. The first kappa shape index (κ1) is 19.2. The third-order valence-electron chi connectivity index (χ3n) is 5.85. The van der Waals surface area contributed by atoms with Gasteiger partial charge in [-0.05, 0) is 48.6 Å². The molecule has 2 atom stereocenters. The molecule has 2 aliphatic heterocycles. The van der Waals surface area contributed by atoms with Crippen LogP contribution in [0.4, 0.5) is 0 Å². The average molecular weight is 425 g/mol. The first-order valence-corrected chi connectivity index (χ1v) is 11.3. The van der Waals surface area contributed by atoms with Crippen LogP contribution in [0, 0.1) is 0 Å². The second-order valence-electron chi connectivity index (χ2n) is 7.28. The van der Waals surface area contributed by atoms with Crippen LogP contribution < -0.4 is 0 Å². The smallest absolute Gasteiger partial charge is 0.243 e. The van der Waals surface area contributed by atoms with Gasteiger partial charge in [0.05, 0.1) is 14.9 Å². The Bertz CT molecular complexity index is 964. The monoisotopic (exact) mass is 424 g/mol. The van der Waals surface area contributed by atoms with Gasteiger partial charge in [0, 0.05) is 32.2 Å². The van der Waals surface area contributed by atoms with Gasteiger partial charge in [-0.15, -0.1) is 0 Å². The standard InChI is InChI=1S/C20H22Cl2N2O2S/c1-23(27(25,26)16-6-7-18(21)19(22)13-16)15-9-11-24-10-8-14-4-2-3-5-17(14)20(24)12-15/h2-7,13,15,20H,8-12H2,1H3. The molecule has 2 heterocycles. The van der Waals surface area contributed by atoms with E-state index in [9.17, 15) is 8.42 Å². The molecule has 0 saturated carbocycles.